The lowest BCUT2D eigenvalue weighted by molar-refractivity contribution is -0.150. The van der Waals surface area contributed by atoms with Crippen LogP contribution in [0.1, 0.15) is 5.56 Å². The number of benzene rings is 2. The second-order valence-electron chi connectivity index (χ2n) is 7.32. The third-order valence-corrected chi connectivity index (χ3v) is 5.94. The Kier molecular flexibility index (Phi) is 5.59. The summed E-state index contributed by atoms with van der Waals surface area (Å²) in [4.78, 5) is 41.7. The quantitative estimate of drug-likeness (QED) is 0.661. The van der Waals surface area contributed by atoms with Crippen LogP contribution in [0.5, 0.6) is 11.5 Å². The zero-order valence-corrected chi connectivity index (χ0v) is 17.9. The summed E-state index contributed by atoms with van der Waals surface area (Å²) < 4.78 is 6.79. The maximum absolute atomic E-state index is 13.0. The van der Waals surface area contributed by atoms with E-state index in [1.165, 1.54) is 0 Å². The first-order valence-corrected chi connectivity index (χ1v) is 10.3. The van der Waals surface area contributed by atoms with Crippen LogP contribution < -0.4 is 15.4 Å². The molecule has 4 rings (SSSR count). The molecule has 2 heterocycles. The highest BCUT2D eigenvalue weighted by atomic mass is 79.9. The lowest BCUT2D eigenvalue weighted by atomic mass is 9.84. The molecule has 0 unspecified atom stereocenters. The first kappa shape index (κ1) is 20.5. The van der Waals surface area contributed by atoms with Gasteiger partial charge < -0.3 is 9.64 Å². The van der Waals surface area contributed by atoms with E-state index in [-0.39, 0.29) is 0 Å². The maximum Gasteiger partial charge on any atom is 0.328 e. The van der Waals surface area contributed by atoms with Crippen molar-refractivity contribution in [2.75, 3.05) is 33.2 Å². The molecule has 4 amide bonds. The van der Waals surface area contributed by atoms with Crippen LogP contribution >= 0.6 is 15.9 Å². The second kappa shape index (κ2) is 8.17. The fourth-order valence-electron chi connectivity index (χ4n) is 3.80. The number of hydrogen-bond acceptors (Lipinski definition) is 6. The van der Waals surface area contributed by atoms with Gasteiger partial charge in [-0.2, -0.15) is 0 Å². The van der Waals surface area contributed by atoms with Crippen LogP contribution in [0.4, 0.5) is 4.79 Å². The molecule has 0 saturated carbocycles. The highest BCUT2D eigenvalue weighted by Gasteiger charge is 2.56. The number of urea groups is 1. The van der Waals surface area contributed by atoms with Crippen molar-refractivity contribution in [1.82, 2.24) is 20.4 Å². The van der Waals surface area contributed by atoms with E-state index in [9.17, 15) is 14.4 Å². The van der Waals surface area contributed by atoms with Crippen LogP contribution in [0.3, 0.4) is 0 Å². The van der Waals surface area contributed by atoms with Gasteiger partial charge in [0.05, 0.1) is 0 Å². The van der Waals surface area contributed by atoms with E-state index in [0.29, 0.717) is 43.2 Å². The molecular weight excluding hydrogens is 452 g/mol. The molecule has 2 N–H and O–H groups in total. The molecule has 0 aliphatic carbocycles. The number of barbiturate groups is 1. The van der Waals surface area contributed by atoms with Gasteiger partial charge in [-0.15, -0.1) is 0 Å². The van der Waals surface area contributed by atoms with Crippen LogP contribution in [0.15, 0.2) is 53.0 Å². The summed E-state index contributed by atoms with van der Waals surface area (Å²) in [7, 11) is 1.99. The minimum Gasteiger partial charge on any atom is -0.457 e. The Morgan fingerprint density at radius 3 is 1.87 bits per heavy atom. The van der Waals surface area contributed by atoms with Gasteiger partial charge in [-0.3, -0.25) is 25.1 Å². The van der Waals surface area contributed by atoms with Gasteiger partial charge in [-0.1, -0.05) is 28.1 Å². The van der Waals surface area contributed by atoms with Crippen LogP contribution in [-0.4, -0.2) is 60.9 Å². The van der Waals surface area contributed by atoms with Crippen LogP contribution in [-0.2, 0) is 15.1 Å². The van der Waals surface area contributed by atoms with Gasteiger partial charge in [-0.25, -0.2) is 4.79 Å². The number of halogens is 1. The van der Waals surface area contributed by atoms with E-state index in [4.69, 9.17) is 4.74 Å². The Hall–Kier alpha value is -2.75. The zero-order valence-electron chi connectivity index (χ0n) is 16.4. The SMILES string of the molecule is CN1CCN(C2(c3ccc(Oc4ccc(Br)cc4)cc3)C(=O)NC(=O)NC2=O)CC1. The molecule has 2 aromatic rings. The summed E-state index contributed by atoms with van der Waals surface area (Å²) in [6, 6.07) is 13.4. The molecule has 30 heavy (non-hydrogen) atoms. The summed E-state index contributed by atoms with van der Waals surface area (Å²) in [5.41, 5.74) is -1.12. The third kappa shape index (κ3) is 3.71. The first-order chi connectivity index (χ1) is 14.4. The number of hydrogen-bond donors (Lipinski definition) is 2. The van der Waals surface area contributed by atoms with Crippen molar-refractivity contribution in [2.24, 2.45) is 0 Å². The average molecular weight is 473 g/mol. The minimum absolute atomic E-state index is 0.484. The van der Waals surface area contributed by atoms with E-state index >= 15 is 0 Å². The molecule has 2 saturated heterocycles. The van der Waals surface area contributed by atoms with Crippen LogP contribution in [0.25, 0.3) is 0 Å². The molecule has 8 nitrogen and oxygen atoms in total. The first-order valence-electron chi connectivity index (χ1n) is 9.54. The lowest BCUT2D eigenvalue weighted by Gasteiger charge is -2.46. The topological polar surface area (TPSA) is 91.0 Å². The number of piperazine rings is 1. The summed E-state index contributed by atoms with van der Waals surface area (Å²) >= 11 is 3.38. The highest BCUT2D eigenvalue weighted by molar-refractivity contribution is 9.10. The standard InChI is InChI=1S/C21H21BrN4O4/c1-25-10-12-26(13-11-25)21(18(27)23-20(29)24-19(21)28)14-2-6-16(7-3-14)30-17-8-4-15(22)5-9-17/h2-9H,10-13H2,1H3,(H2,23,24,27,28,29). The van der Waals surface area contributed by atoms with E-state index < -0.39 is 23.4 Å². The normalized spacial score (nSPS) is 19.9. The molecule has 2 fully saturated rings. The smallest absolute Gasteiger partial charge is 0.328 e. The van der Waals surface area contributed by atoms with Crippen molar-refractivity contribution in [1.29, 1.82) is 0 Å². The molecule has 2 aliphatic rings. The van der Waals surface area contributed by atoms with Gasteiger partial charge in [0.2, 0.25) is 5.54 Å². The number of imide groups is 2. The fraction of sp³-hybridized carbons (Fsp3) is 0.286. The largest absolute Gasteiger partial charge is 0.457 e. The van der Waals surface area contributed by atoms with E-state index in [1.807, 2.05) is 36.2 Å². The van der Waals surface area contributed by atoms with E-state index in [1.54, 1.807) is 24.3 Å². The Labute approximate surface area is 182 Å². The summed E-state index contributed by atoms with van der Waals surface area (Å²) in [6.07, 6.45) is 0. The number of rotatable bonds is 4. The zero-order chi connectivity index (χ0) is 21.3. The summed E-state index contributed by atoms with van der Waals surface area (Å²) in [5.74, 6) is -0.0365. The van der Waals surface area contributed by atoms with Gasteiger partial charge in [0, 0.05) is 30.7 Å². The monoisotopic (exact) mass is 472 g/mol. The molecule has 0 spiro atoms. The van der Waals surface area contributed by atoms with E-state index in [0.717, 1.165) is 4.47 Å². The average Bonchev–Trinajstić information content (AvgIpc) is 2.72. The van der Waals surface area contributed by atoms with E-state index in [2.05, 4.69) is 31.5 Å². The lowest BCUT2D eigenvalue weighted by Crippen LogP contribution is -2.72. The molecule has 0 aromatic heterocycles. The van der Waals surface area contributed by atoms with Crippen molar-refractivity contribution < 1.29 is 19.1 Å². The highest BCUT2D eigenvalue weighted by Crippen LogP contribution is 2.34. The number of nitrogens with one attached hydrogen (secondary N) is 2. The van der Waals surface area contributed by atoms with Crippen molar-refractivity contribution in [3.63, 3.8) is 0 Å². The number of nitrogens with zero attached hydrogens (tertiary/aromatic N) is 2. The van der Waals surface area contributed by atoms with Crippen molar-refractivity contribution in [2.45, 2.75) is 5.54 Å². The molecule has 9 heteroatoms. The van der Waals surface area contributed by atoms with Gasteiger partial charge >= 0.3 is 6.03 Å². The van der Waals surface area contributed by atoms with Gasteiger partial charge in [-0.05, 0) is 49.0 Å². The Morgan fingerprint density at radius 1 is 0.833 bits per heavy atom. The maximum atomic E-state index is 13.0. The molecule has 0 bridgehead atoms. The number of ether oxygens (including phenoxy) is 1. The van der Waals surface area contributed by atoms with Crippen molar-refractivity contribution in [3.8, 4) is 11.5 Å². The van der Waals surface area contributed by atoms with Crippen LogP contribution in [0, 0.1) is 0 Å². The summed E-state index contributed by atoms with van der Waals surface area (Å²) in [5, 5.41) is 4.53. The van der Waals surface area contributed by atoms with Gasteiger partial charge in [0.25, 0.3) is 11.8 Å². The molecule has 2 aromatic carbocycles. The van der Waals surface area contributed by atoms with Crippen LogP contribution in [0.2, 0.25) is 0 Å². The molecule has 0 atom stereocenters. The third-order valence-electron chi connectivity index (χ3n) is 5.41. The molecule has 0 radical (unpaired) electrons. The number of carbonyl (C=O) groups excluding carboxylic acids is 3. The van der Waals surface area contributed by atoms with Gasteiger partial charge in [0.15, 0.2) is 0 Å². The molecule has 2 aliphatic heterocycles. The fourth-order valence-corrected chi connectivity index (χ4v) is 4.06. The Bertz CT molecular complexity index is 950. The minimum atomic E-state index is -1.61. The Balaban J connectivity index is 1.67. The summed E-state index contributed by atoms with van der Waals surface area (Å²) in [6.45, 7) is 2.45. The Morgan fingerprint density at radius 2 is 1.33 bits per heavy atom. The number of likely N-dealkylation sites (N-methyl/N-ethyl adjacent to an activating group) is 1. The number of carbonyl (C=O) groups is 3. The molecule has 156 valence electrons. The second-order valence-corrected chi connectivity index (χ2v) is 8.23. The number of amides is 4. The molecular formula is C21H21BrN4O4. The van der Waals surface area contributed by atoms with Crippen molar-refractivity contribution in [3.05, 3.63) is 58.6 Å². The predicted octanol–water partition coefficient (Wildman–Crippen LogP) is 2.05. The predicted molar refractivity (Wildman–Crippen MR) is 113 cm³/mol. The van der Waals surface area contributed by atoms with Crippen molar-refractivity contribution >= 4 is 33.8 Å². The van der Waals surface area contributed by atoms with Gasteiger partial charge in [0.1, 0.15) is 11.5 Å².